The molecule has 2 fully saturated rings. The zero-order chi connectivity index (χ0) is 21.5. The molecule has 1 amide bonds. The number of benzene rings is 2. The van der Waals surface area contributed by atoms with Crippen LogP contribution in [0.1, 0.15) is 74.8 Å². The van der Waals surface area contributed by atoms with Crippen molar-refractivity contribution in [3.63, 3.8) is 0 Å². The molecule has 0 radical (unpaired) electrons. The van der Waals surface area contributed by atoms with Crippen molar-refractivity contribution in [2.75, 3.05) is 6.61 Å². The summed E-state index contributed by atoms with van der Waals surface area (Å²) in [4.78, 5) is 15.3. The van der Waals surface area contributed by atoms with Crippen LogP contribution in [0, 0.1) is 5.92 Å². The molecule has 2 aliphatic heterocycles. The number of hydrogen-bond acceptors (Lipinski definition) is 2. The number of rotatable bonds is 4. The van der Waals surface area contributed by atoms with Crippen LogP contribution in [0.25, 0.3) is 11.1 Å². The topological polar surface area (TPSA) is 29.5 Å². The number of amides is 1. The smallest absolute Gasteiger partial charge is 0.410 e. The Morgan fingerprint density at radius 2 is 1.56 bits per heavy atom. The Balaban J connectivity index is 1.14. The van der Waals surface area contributed by atoms with Gasteiger partial charge in [-0.1, -0.05) is 92.3 Å². The number of carbonyl (C=O) groups is 1. The Morgan fingerprint density at radius 3 is 2.25 bits per heavy atom. The summed E-state index contributed by atoms with van der Waals surface area (Å²) in [5, 5.41) is 0. The fourth-order valence-electron chi connectivity index (χ4n) is 6.79. The molecule has 2 aromatic rings. The highest BCUT2D eigenvalue weighted by atomic mass is 16.6. The lowest BCUT2D eigenvalue weighted by Gasteiger charge is -2.35. The third kappa shape index (κ3) is 3.56. The summed E-state index contributed by atoms with van der Waals surface area (Å²) in [5.74, 6) is 1.00. The van der Waals surface area contributed by atoms with E-state index < -0.39 is 0 Å². The molecule has 1 saturated heterocycles. The van der Waals surface area contributed by atoms with E-state index in [-0.39, 0.29) is 18.1 Å². The number of ether oxygens (including phenoxy) is 1. The second-order valence-electron chi connectivity index (χ2n) is 10.2. The van der Waals surface area contributed by atoms with Crippen molar-refractivity contribution in [1.29, 1.82) is 0 Å². The molecule has 3 heteroatoms. The molecule has 0 spiro atoms. The van der Waals surface area contributed by atoms with Gasteiger partial charge in [0.05, 0.1) is 6.04 Å². The van der Waals surface area contributed by atoms with Gasteiger partial charge >= 0.3 is 6.09 Å². The van der Waals surface area contributed by atoms with Crippen molar-refractivity contribution in [3.05, 3.63) is 71.3 Å². The number of fused-ring (bicyclic) bond motifs is 5. The first kappa shape index (κ1) is 20.1. The van der Waals surface area contributed by atoms with Crippen LogP contribution in [0.4, 0.5) is 4.79 Å². The van der Waals surface area contributed by atoms with Gasteiger partial charge in [-0.25, -0.2) is 4.79 Å². The Hall–Kier alpha value is -2.55. The van der Waals surface area contributed by atoms with Gasteiger partial charge in [-0.3, -0.25) is 4.90 Å². The van der Waals surface area contributed by atoms with E-state index in [0.29, 0.717) is 12.6 Å². The molecule has 0 aromatic heterocycles. The minimum atomic E-state index is -0.118. The molecule has 4 aliphatic rings. The zero-order valence-electron chi connectivity index (χ0n) is 18.8. The Morgan fingerprint density at radius 1 is 0.875 bits per heavy atom. The second-order valence-corrected chi connectivity index (χ2v) is 10.2. The van der Waals surface area contributed by atoms with Crippen molar-refractivity contribution < 1.29 is 9.53 Å². The van der Waals surface area contributed by atoms with Gasteiger partial charge in [0.15, 0.2) is 0 Å². The number of carbonyl (C=O) groups excluding carboxylic acids is 1. The van der Waals surface area contributed by atoms with Crippen LogP contribution in [-0.4, -0.2) is 29.7 Å². The van der Waals surface area contributed by atoms with E-state index in [1.165, 1.54) is 60.8 Å². The molecule has 0 N–H and O–H groups in total. The van der Waals surface area contributed by atoms with Gasteiger partial charge in [-0.15, -0.1) is 0 Å². The van der Waals surface area contributed by atoms with Gasteiger partial charge < -0.3 is 4.74 Å². The average Bonchev–Trinajstić information content (AvgIpc) is 3.30. The Bertz CT molecular complexity index is 989. The number of hydrogen-bond donors (Lipinski definition) is 0. The Kier molecular flexibility index (Phi) is 5.29. The van der Waals surface area contributed by atoms with Gasteiger partial charge in [-0.05, 0) is 53.9 Å². The van der Waals surface area contributed by atoms with E-state index in [0.717, 1.165) is 25.2 Å². The maximum Gasteiger partial charge on any atom is 0.410 e. The summed E-state index contributed by atoms with van der Waals surface area (Å²) >= 11 is 0. The van der Waals surface area contributed by atoms with E-state index in [1.54, 1.807) is 5.57 Å². The van der Waals surface area contributed by atoms with Gasteiger partial charge in [0.25, 0.3) is 0 Å². The van der Waals surface area contributed by atoms with Crippen LogP contribution in [0.2, 0.25) is 0 Å². The molecular weight excluding hydrogens is 394 g/mol. The fraction of sp³-hybridized carbons (Fsp3) is 0.483. The lowest BCUT2D eigenvalue weighted by molar-refractivity contribution is 0.0846. The molecule has 1 saturated carbocycles. The first-order valence-electron chi connectivity index (χ1n) is 12.6. The molecule has 166 valence electrons. The van der Waals surface area contributed by atoms with Crippen molar-refractivity contribution in [1.82, 2.24) is 4.90 Å². The summed E-state index contributed by atoms with van der Waals surface area (Å²) in [5.41, 5.74) is 6.71. The largest absolute Gasteiger partial charge is 0.448 e. The van der Waals surface area contributed by atoms with Crippen LogP contribution in [-0.2, 0) is 4.74 Å². The molecule has 3 nitrogen and oxygen atoms in total. The summed E-state index contributed by atoms with van der Waals surface area (Å²) in [6.07, 6.45) is 13.8. The highest BCUT2D eigenvalue weighted by molar-refractivity contribution is 5.79. The molecule has 32 heavy (non-hydrogen) atoms. The maximum atomic E-state index is 13.2. The standard InChI is InChI=1S/C29H33NO2/c31-29(30-22-14-15-23(30)18-21(17-22)16-20-8-2-1-3-9-20)32-19-28-26-12-6-4-10-24(26)25-11-5-7-13-27(25)28/h4-7,10-13,17,20,22-23,28H,1-3,8-9,14-16,18-19H2. The molecule has 2 heterocycles. The van der Waals surface area contributed by atoms with E-state index in [9.17, 15) is 4.79 Å². The third-order valence-corrected chi connectivity index (χ3v) is 8.29. The van der Waals surface area contributed by atoms with E-state index in [2.05, 4.69) is 59.5 Å². The van der Waals surface area contributed by atoms with Crippen LogP contribution >= 0.6 is 0 Å². The quantitative estimate of drug-likeness (QED) is 0.488. The predicted octanol–water partition coefficient (Wildman–Crippen LogP) is 7.07. The van der Waals surface area contributed by atoms with Crippen LogP contribution in [0.3, 0.4) is 0 Å². The zero-order valence-corrected chi connectivity index (χ0v) is 18.8. The fourth-order valence-corrected chi connectivity index (χ4v) is 6.79. The van der Waals surface area contributed by atoms with Crippen LogP contribution in [0.15, 0.2) is 60.2 Å². The average molecular weight is 428 g/mol. The molecule has 2 unspecified atom stereocenters. The van der Waals surface area contributed by atoms with Crippen molar-refractivity contribution in [3.8, 4) is 11.1 Å². The third-order valence-electron chi connectivity index (χ3n) is 8.29. The highest BCUT2D eigenvalue weighted by Gasteiger charge is 2.41. The van der Waals surface area contributed by atoms with E-state index >= 15 is 0 Å². The lowest BCUT2D eigenvalue weighted by Crippen LogP contribution is -2.44. The second kappa shape index (κ2) is 8.42. The predicted molar refractivity (Wildman–Crippen MR) is 128 cm³/mol. The minimum Gasteiger partial charge on any atom is -0.448 e. The van der Waals surface area contributed by atoms with E-state index in [4.69, 9.17) is 4.74 Å². The molecule has 2 atom stereocenters. The molecule has 2 aromatic carbocycles. The van der Waals surface area contributed by atoms with Gasteiger partial charge in [0.1, 0.15) is 6.61 Å². The summed E-state index contributed by atoms with van der Waals surface area (Å²) in [7, 11) is 0. The number of nitrogens with zero attached hydrogens (tertiary/aromatic N) is 1. The molecule has 6 rings (SSSR count). The maximum absolute atomic E-state index is 13.2. The van der Waals surface area contributed by atoms with Crippen LogP contribution < -0.4 is 0 Å². The molecular formula is C29H33NO2. The van der Waals surface area contributed by atoms with Gasteiger partial charge in [0, 0.05) is 12.0 Å². The lowest BCUT2D eigenvalue weighted by atomic mass is 9.82. The highest BCUT2D eigenvalue weighted by Crippen LogP contribution is 2.45. The van der Waals surface area contributed by atoms with Crippen molar-refractivity contribution >= 4 is 6.09 Å². The summed E-state index contributed by atoms with van der Waals surface area (Å²) < 4.78 is 6.00. The first-order chi connectivity index (χ1) is 15.8. The molecule has 2 aliphatic carbocycles. The van der Waals surface area contributed by atoms with Crippen molar-refractivity contribution in [2.45, 2.75) is 75.8 Å². The normalized spacial score (nSPS) is 24.8. The van der Waals surface area contributed by atoms with Gasteiger partial charge in [0.2, 0.25) is 0 Å². The van der Waals surface area contributed by atoms with Crippen LogP contribution in [0.5, 0.6) is 0 Å². The summed E-state index contributed by atoms with van der Waals surface area (Å²) in [6, 6.07) is 17.6. The van der Waals surface area contributed by atoms with E-state index in [1.807, 2.05) is 0 Å². The minimum absolute atomic E-state index is 0.118. The SMILES string of the molecule is O=C(OCC1c2ccccc2-c2ccccc21)N1C2C=C(CC3CCCCC3)CC1CC2. The van der Waals surface area contributed by atoms with Crippen molar-refractivity contribution in [2.24, 2.45) is 5.92 Å². The monoisotopic (exact) mass is 427 g/mol. The first-order valence-corrected chi connectivity index (χ1v) is 12.6. The Labute approximate surface area is 191 Å². The molecule has 2 bridgehead atoms. The summed E-state index contributed by atoms with van der Waals surface area (Å²) in [6.45, 7) is 0.418. The van der Waals surface area contributed by atoms with Gasteiger partial charge in [-0.2, -0.15) is 0 Å².